The average Bonchev–Trinajstić information content (AvgIpc) is 3.51. The Balaban J connectivity index is 1.42. The molecular weight excluding hydrogens is 424 g/mol. The van der Waals surface area contributed by atoms with E-state index in [0.29, 0.717) is 6.04 Å². The van der Waals surface area contributed by atoms with E-state index < -0.39 is 0 Å². The maximum Gasteiger partial charge on any atom is 0.218 e. The summed E-state index contributed by atoms with van der Waals surface area (Å²) in [6, 6.07) is 9.10. The number of hydrogen-bond donors (Lipinski definition) is 0. The van der Waals surface area contributed by atoms with Gasteiger partial charge in [0.2, 0.25) is 5.88 Å². The van der Waals surface area contributed by atoms with Crippen molar-refractivity contribution in [1.29, 1.82) is 0 Å². The van der Waals surface area contributed by atoms with Crippen molar-refractivity contribution >= 4 is 10.9 Å². The zero-order valence-corrected chi connectivity index (χ0v) is 20.8. The Bertz CT molecular complexity index is 1280. The highest BCUT2D eigenvalue weighted by molar-refractivity contribution is 5.85. The number of nitrogens with zero attached hydrogens (tertiary/aromatic N) is 6. The third-order valence-electron chi connectivity index (χ3n) is 7.59. The molecule has 0 bridgehead atoms. The Hall–Kier alpha value is -3.19. The van der Waals surface area contributed by atoms with Gasteiger partial charge in [-0.25, -0.2) is 9.97 Å². The smallest absolute Gasteiger partial charge is 0.218 e. The van der Waals surface area contributed by atoms with Crippen molar-refractivity contribution in [3.63, 3.8) is 0 Å². The molecule has 1 saturated heterocycles. The normalized spacial score (nSPS) is 16.3. The summed E-state index contributed by atoms with van der Waals surface area (Å²) in [5, 5.41) is 5.64. The third-order valence-corrected chi connectivity index (χ3v) is 7.59. The molecule has 7 heteroatoms. The zero-order chi connectivity index (χ0) is 23.8. The zero-order valence-electron chi connectivity index (χ0n) is 20.8. The Kier molecular flexibility index (Phi) is 6.13. The van der Waals surface area contributed by atoms with Crippen LogP contribution >= 0.6 is 0 Å². The molecule has 0 spiro atoms. The number of aryl methyl sites for hydroxylation is 2. The first-order valence-electron chi connectivity index (χ1n) is 12.1. The van der Waals surface area contributed by atoms with Gasteiger partial charge >= 0.3 is 0 Å². The second-order valence-corrected chi connectivity index (χ2v) is 9.51. The SMILES string of the molecule is COc1nc2ccc(C(C)c3cnc(C)n3C)cc2c(C)c1CN1CCC(n2cccn2)CC1. The lowest BCUT2D eigenvalue weighted by atomic mass is 9.94. The molecule has 0 N–H and O–H groups in total. The van der Waals surface area contributed by atoms with Crippen LogP contribution in [0.25, 0.3) is 10.9 Å². The van der Waals surface area contributed by atoms with Crippen LogP contribution in [-0.2, 0) is 13.6 Å². The number of benzene rings is 1. The first-order chi connectivity index (χ1) is 16.5. The van der Waals surface area contributed by atoms with Gasteiger partial charge in [-0.3, -0.25) is 9.58 Å². The number of rotatable bonds is 6. The lowest BCUT2D eigenvalue weighted by Gasteiger charge is -2.32. The number of fused-ring (bicyclic) bond motifs is 1. The molecule has 1 aliphatic heterocycles. The van der Waals surface area contributed by atoms with Crippen molar-refractivity contribution in [2.75, 3.05) is 20.2 Å². The topological polar surface area (TPSA) is 61.0 Å². The lowest BCUT2D eigenvalue weighted by molar-refractivity contribution is 0.171. The first-order valence-corrected chi connectivity index (χ1v) is 12.1. The molecule has 5 rings (SSSR count). The van der Waals surface area contributed by atoms with Crippen molar-refractivity contribution in [3.8, 4) is 5.88 Å². The van der Waals surface area contributed by atoms with Crippen LogP contribution in [0.1, 0.15) is 59.9 Å². The fraction of sp³-hybridized carbons (Fsp3) is 0.444. The number of methoxy groups -OCH3 is 1. The minimum Gasteiger partial charge on any atom is -0.481 e. The molecule has 7 nitrogen and oxygen atoms in total. The molecule has 178 valence electrons. The number of pyridine rings is 1. The summed E-state index contributed by atoms with van der Waals surface area (Å²) in [6.07, 6.45) is 8.14. The molecule has 4 aromatic rings. The van der Waals surface area contributed by atoms with Crippen LogP contribution in [0.4, 0.5) is 0 Å². The number of likely N-dealkylation sites (tertiary alicyclic amines) is 1. The Labute approximate surface area is 201 Å². The molecule has 0 aliphatic carbocycles. The minimum absolute atomic E-state index is 0.252. The van der Waals surface area contributed by atoms with Gasteiger partial charge in [0.15, 0.2) is 0 Å². The van der Waals surface area contributed by atoms with E-state index in [1.165, 1.54) is 27.8 Å². The maximum absolute atomic E-state index is 5.76. The summed E-state index contributed by atoms with van der Waals surface area (Å²) in [7, 11) is 3.81. The fourth-order valence-electron chi connectivity index (χ4n) is 5.23. The van der Waals surface area contributed by atoms with Gasteiger partial charge in [0.1, 0.15) is 5.82 Å². The van der Waals surface area contributed by atoms with Gasteiger partial charge in [-0.1, -0.05) is 13.0 Å². The lowest BCUT2D eigenvalue weighted by Crippen LogP contribution is -2.34. The maximum atomic E-state index is 5.76. The first kappa shape index (κ1) is 22.6. The molecule has 1 aliphatic rings. The van der Waals surface area contributed by atoms with Gasteiger partial charge in [-0.15, -0.1) is 0 Å². The number of hydrogen-bond acceptors (Lipinski definition) is 5. The predicted molar refractivity (Wildman–Crippen MR) is 134 cm³/mol. The van der Waals surface area contributed by atoms with Crippen molar-refractivity contribution in [2.45, 2.75) is 52.1 Å². The summed E-state index contributed by atoms with van der Waals surface area (Å²) in [6.45, 7) is 9.44. The Morgan fingerprint density at radius 2 is 1.97 bits per heavy atom. The van der Waals surface area contributed by atoms with E-state index in [1.807, 2.05) is 25.4 Å². The molecule has 3 aromatic heterocycles. The highest BCUT2D eigenvalue weighted by Crippen LogP contribution is 2.33. The average molecular weight is 459 g/mol. The summed E-state index contributed by atoms with van der Waals surface area (Å²) < 4.78 is 10.0. The monoisotopic (exact) mass is 458 g/mol. The summed E-state index contributed by atoms with van der Waals surface area (Å²) in [5.74, 6) is 2.02. The van der Waals surface area contributed by atoms with E-state index in [-0.39, 0.29) is 5.92 Å². The molecule has 1 aromatic carbocycles. The van der Waals surface area contributed by atoms with Crippen LogP contribution in [0.2, 0.25) is 0 Å². The van der Waals surface area contributed by atoms with Crippen molar-refractivity contribution in [2.24, 2.45) is 7.05 Å². The van der Waals surface area contributed by atoms with E-state index in [9.17, 15) is 0 Å². The quantitative estimate of drug-likeness (QED) is 0.416. The Morgan fingerprint density at radius 1 is 1.18 bits per heavy atom. The van der Waals surface area contributed by atoms with Gasteiger partial charge < -0.3 is 9.30 Å². The molecule has 0 amide bonds. The third kappa shape index (κ3) is 4.09. The summed E-state index contributed by atoms with van der Waals surface area (Å²) in [5.41, 5.74) is 5.92. The largest absolute Gasteiger partial charge is 0.481 e. The van der Waals surface area contributed by atoms with Crippen LogP contribution in [-0.4, -0.2) is 49.4 Å². The molecule has 1 atom stereocenters. The number of aromatic nitrogens is 5. The molecule has 1 fully saturated rings. The second kappa shape index (κ2) is 9.22. The summed E-state index contributed by atoms with van der Waals surface area (Å²) in [4.78, 5) is 11.9. The second-order valence-electron chi connectivity index (χ2n) is 9.51. The number of imidazole rings is 1. The highest BCUT2D eigenvalue weighted by atomic mass is 16.5. The van der Waals surface area contributed by atoms with Gasteiger partial charge in [0, 0.05) is 67.8 Å². The standard InChI is InChI=1S/C27H34N6O/c1-18(26-16-28-20(3)31(26)4)21-7-8-25-23(15-21)19(2)24(27(30-25)34-5)17-32-13-9-22(10-14-32)33-12-6-11-29-33/h6-8,11-12,15-16,18,22H,9-10,13-14,17H2,1-5H3. The predicted octanol–water partition coefficient (Wildman–Crippen LogP) is 4.78. The van der Waals surface area contributed by atoms with Crippen LogP contribution in [0.3, 0.4) is 0 Å². The molecule has 0 saturated carbocycles. The van der Waals surface area contributed by atoms with Crippen molar-refractivity contribution < 1.29 is 4.74 Å². The molecule has 34 heavy (non-hydrogen) atoms. The van der Waals surface area contributed by atoms with Gasteiger partial charge in [-0.2, -0.15) is 5.10 Å². The van der Waals surface area contributed by atoms with E-state index in [4.69, 9.17) is 9.72 Å². The minimum atomic E-state index is 0.252. The van der Waals surface area contributed by atoms with Crippen LogP contribution in [0.5, 0.6) is 5.88 Å². The van der Waals surface area contributed by atoms with Crippen molar-refractivity contribution in [3.05, 3.63) is 71.1 Å². The Morgan fingerprint density at radius 3 is 2.62 bits per heavy atom. The van der Waals surface area contributed by atoms with Gasteiger partial charge in [0.05, 0.1) is 18.7 Å². The van der Waals surface area contributed by atoms with Crippen LogP contribution in [0, 0.1) is 13.8 Å². The van der Waals surface area contributed by atoms with Gasteiger partial charge in [-0.05, 0) is 56.0 Å². The molecular formula is C27H34N6O. The van der Waals surface area contributed by atoms with E-state index in [2.05, 4.69) is 69.5 Å². The fourth-order valence-corrected chi connectivity index (χ4v) is 5.23. The van der Waals surface area contributed by atoms with E-state index in [0.717, 1.165) is 49.7 Å². The van der Waals surface area contributed by atoms with Gasteiger partial charge in [0.25, 0.3) is 0 Å². The highest BCUT2D eigenvalue weighted by Gasteiger charge is 2.24. The van der Waals surface area contributed by atoms with Crippen LogP contribution < -0.4 is 4.74 Å². The molecule has 1 unspecified atom stereocenters. The number of piperidine rings is 1. The van der Waals surface area contributed by atoms with Crippen LogP contribution in [0.15, 0.2) is 42.9 Å². The van der Waals surface area contributed by atoms with E-state index in [1.54, 1.807) is 7.11 Å². The molecule has 0 radical (unpaired) electrons. The van der Waals surface area contributed by atoms with E-state index >= 15 is 0 Å². The van der Waals surface area contributed by atoms with Crippen molar-refractivity contribution in [1.82, 2.24) is 29.2 Å². The summed E-state index contributed by atoms with van der Waals surface area (Å²) >= 11 is 0. The molecule has 4 heterocycles. The number of ether oxygens (including phenoxy) is 1.